The van der Waals surface area contributed by atoms with Crippen molar-refractivity contribution in [3.05, 3.63) is 4.91 Å². The van der Waals surface area contributed by atoms with Gasteiger partial charge in [0, 0.05) is 0 Å². The molecule has 23 heavy (non-hydrogen) atoms. The molecule has 0 aromatic rings. The van der Waals surface area contributed by atoms with E-state index in [4.69, 9.17) is 0 Å². The van der Waals surface area contributed by atoms with E-state index in [9.17, 15) is 19.5 Å². The quantitative estimate of drug-likeness (QED) is 0.404. The third-order valence-corrected chi connectivity index (χ3v) is 3.22. The number of nitrogens with one attached hydrogen (secondary N) is 2. The number of carbonyl (C=O) groups is 2. The number of carbonyl (C=O) groups excluding carboxylic acids is 2. The fraction of sp³-hybridized carbons (Fsp3) is 0.692. The summed E-state index contributed by atoms with van der Waals surface area (Å²) in [7, 11) is -1.53. The van der Waals surface area contributed by atoms with Crippen LogP contribution >= 0.6 is 0 Å². The van der Waals surface area contributed by atoms with Crippen molar-refractivity contribution in [2.45, 2.75) is 39.2 Å². The van der Waals surface area contributed by atoms with Gasteiger partial charge in [-0.15, -0.1) is 0 Å². The summed E-state index contributed by atoms with van der Waals surface area (Å²) >= 11 is 0. The number of hydrogen-bond acceptors (Lipinski definition) is 7. The molecule has 1 heterocycles. The first-order chi connectivity index (χ1) is 10.8. The molecule has 0 saturated carbocycles. The van der Waals surface area contributed by atoms with Crippen LogP contribution in [0, 0.1) is 10.8 Å². The summed E-state index contributed by atoms with van der Waals surface area (Å²) in [4.78, 5) is 42.5. The molecule has 9 nitrogen and oxygen atoms in total. The second-order valence-corrected chi connectivity index (χ2v) is 5.76. The number of amides is 2. The van der Waals surface area contributed by atoms with Gasteiger partial charge in [-0.1, -0.05) is 18.9 Å². The minimum absolute atomic E-state index is 0.148. The van der Waals surface area contributed by atoms with Gasteiger partial charge in [-0.2, -0.15) is 4.91 Å². The van der Waals surface area contributed by atoms with Gasteiger partial charge in [0.25, 0.3) is 5.91 Å². The summed E-state index contributed by atoms with van der Waals surface area (Å²) in [6, 6.07) is -0.853. The monoisotopic (exact) mass is 323 g/mol. The molecule has 1 rings (SSSR count). The number of hydrogen-bond donors (Lipinski definition) is 3. The van der Waals surface area contributed by atoms with E-state index < -0.39 is 30.8 Å². The summed E-state index contributed by atoms with van der Waals surface area (Å²) in [5.74, 6) is -1.66. The van der Waals surface area contributed by atoms with Crippen LogP contribution in [0.1, 0.15) is 27.2 Å². The highest BCUT2D eigenvalue weighted by Gasteiger charge is 2.31. The van der Waals surface area contributed by atoms with E-state index in [0.29, 0.717) is 19.5 Å². The summed E-state index contributed by atoms with van der Waals surface area (Å²) in [5.41, 5.74) is 0.171. The minimum Gasteiger partial charge on any atom is -0.428 e. The predicted octanol–water partition coefficient (Wildman–Crippen LogP) is -0.666. The van der Waals surface area contributed by atoms with Crippen molar-refractivity contribution >= 4 is 30.8 Å². The molecule has 0 spiro atoms. The van der Waals surface area contributed by atoms with E-state index in [-0.39, 0.29) is 11.6 Å². The van der Waals surface area contributed by atoms with Crippen LogP contribution in [0.5, 0.6) is 0 Å². The molecule has 1 unspecified atom stereocenters. The fourth-order valence-corrected chi connectivity index (χ4v) is 2.03. The van der Waals surface area contributed by atoms with E-state index >= 15 is 0 Å². The lowest BCUT2D eigenvalue weighted by Gasteiger charge is -2.22. The van der Waals surface area contributed by atoms with Crippen LogP contribution < -0.4 is 10.6 Å². The van der Waals surface area contributed by atoms with Gasteiger partial charge in [0.05, 0.1) is 25.2 Å². The average Bonchev–Trinajstić information content (AvgIpc) is 2.53. The average molecular weight is 323 g/mol. The summed E-state index contributed by atoms with van der Waals surface area (Å²) < 4.78 is 0. The molecule has 126 valence electrons. The molecule has 3 N–H and O–H groups in total. The Hall–Kier alpha value is -2.10. The first-order valence-electron chi connectivity index (χ1n) is 7.51. The zero-order valence-electron chi connectivity index (χ0n) is 13.5. The smallest absolute Gasteiger partial charge is 0.428 e. The van der Waals surface area contributed by atoms with Crippen molar-refractivity contribution in [1.29, 1.82) is 0 Å². The molecule has 10 heteroatoms. The molecular weight excluding hydrogens is 301 g/mol. The maximum absolute atomic E-state index is 12.1. The summed E-state index contributed by atoms with van der Waals surface area (Å²) in [5, 5.41) is 17.2. The lowest BCUT2D eigenvalue weighted by atomic mass is 9.71. The highest BCUT2D eigenvalue weighted by atomic mass is 16.3. The van der Waals surface area contributed by atoms with Crippen LogP contribution in [0.25, 0.3) is 0 Å². The summed E-state index contributed by atoms with van der Waals surface area (Å²) in [6.07, 6.45) is 1.75. The third kappa shape index (κ3) is 6.27. The van der Waals surface area contributed by atoms with E-state index in [1.54, 1.807) is 0 Å². The Bertz CT molecular complexity index is 509. The molecule has 0 aliphatic carbocycles. The van der Waals surface area contributed by atoms with Gasteiger partial charge in [0.2, 0.25) is 5.91 Å². The van der Waals surface area contributed by atoms with Crippen molar-refractivity contribution in [3.8, 4) is 0 Å². The number of rotatable bonds is 8. The van der Waals surface area contributed by atoms with E-state index in [0.717, 1.165) is 0 Å². The van der Waals surface area contributed by atoms with Gasteiger partial charge in [0.15, 0.2) is 0 Å². The molecule has 0 radical (unpaired) electrons. The molecule has 2 atom stereocenters. The Morgan fingerprint density at radius 1 is 1.35 bits per heavy atom. The standard InChI is InChI=1S/C13H22BN5O4/c1-8(2)6-11(14(22)19-23)18-12(20)9(3)17-13(21)10-7-15-4-5-16-10/h7-9,11,22H,4-6H2,1-3H3,(H,17,21)(H,18,20)/t9-,11?/m0/s1. The second kappa shape index (κ2) is 9.14. The highest BCUT2D eigenvalue weighted by molar-refractivity contribution is 6.61. The largest absolute Gasteiger partial charge is 0.506 e. The van der Waals surface area contributed by atoms with Gasteiger partial charge >= 0.3 is 7.05 Å². The molecule has 0 aromatic carbocycles. The molecule has 0 saturated heterocycles. The molecule has 2 amide bonds. The van der Waals surface area contributed by atoms with E-state index in [2.05, 4.69) is 25.7 Å². The minimum atomic E-state index is -1.53. The Balaban J connectivity index is 2.60. The zero-order valence-corrected chi connectivity index (χ0v) is 13.5. The van der Waals surface area contributed by atoms with Gasteiger partial charge < -0.3 is 15.7 Å². The highest BCUT2D eigenvalue weighted by Crippen LogP contribution is 2.07. The SMILES string of the molecule is CC(C)CC(NC(=O)[C@H](C)NC(=O)C1=NCCN=C1)B(O)N=O. The molecular formula is C13H22BN5O4. The fourth-order valence-electron chi connectivity index (χ4n) is 2.03. The van der Waals surface area contributed by atoms with Crippen LogP contribution in [0.3, 0.4) is 0 Å². The molecule has 0 bridgehead atoms. The first-order valence-corrected chi connectivity index (χ1v) is 7.51. The van der Waals surface area contributed by atoms with Gasteiger partial charge in [-0.3, -0.25) is 19.6 Å². The maximum Gasteiger partial charge on any atom is 0.506 e. The summed E-state index contributed by atoms with van der Waals surface area (Å²) in [6.45, 7) is 6.26. The molecule has 0 fully saturated rings. The Morgan fingerprint density at radius 3 is 2.57 bits per heavy atom. The Labute approximate surface area is 135 Å². The van der Waals surface area contributed by atoms with Crippen molar-refractivity contribution in [3.63, 3.8) is 0 Å². The van der Waals surface area contributed by atoms with Crippen LogP contribution in [0.15, 0.2) is 15.1 Å². The van der Waals surface area contributed by atoms with Crippen molar-refractivity contribution in [2.24, 2.45) is 21.0 Å². The lowest BCUT2D eigenvalue weighted by molar-refractivity contribution is -0.126. The van der Waals surface area contributed by atoms with Gasteiger partial charge in [-0.25, -0.2) is 0 Å². The number of aliphatic imine (C=N–C) groups is 2. The molecule has 0 aromatic heterocycles. The normalized spacial score (nSPS) is 16.3. The number of nitrogens with zero attached hydrogens (tertiary/aromatic N) is 3. The van der Waals surface area contributed by atoms with Crippen LogP contribution in [-0.2, 0) is 9.59 Å². The Morgan fingerprint density at radius 2 is 2.04 bits per heavy atom. The zero-order chi connectivity index (χ0) is 17.4. The topological polar surface area (TPSA) is 133 Å². The molecule has 1 aliphatic rings. The van der Waals surface area contributed by atoms with E-state index in [1.807, 2.05) is 13.8 Å². The van der Waals surface area contributed by atoms with Crippen molar-refractivity contribution in [1.82, 2.24) is 10.6 Å². The third-order valence-electron chi connectivity index (χ3n) is 3.22. The van der Waals surface area contributed by atoms with Crippen LogP contribution in [-0.4, -0.2) is 60.9 Å². The van der Waals surface area contributed by atoms with Gasteiger partial charge in [0.1, 0.15) is 11.8 Å². The second-order valence-electron chi connectivity index (χ2n) is 5.76. The van der Waals surface area contributed by atoms with E-state index in [1.165, 1.54) is 13.1 Å². The first kappa shape index (κ1) is 19.0. The Kier molecular flexibility index (Phi) is 7.53. The lowest BCUT2D eigenvalue weighted by Crippen LogP contribution is -2.53. The number of nitroso groups, excluding NO2 is 1. The van der Waals surface area contributed by atoms with Crippen LogP contribution in [0.2, 0.25) is 0 Å². The van der Waals surface area contributed by atoms with Crippen LogP contribution in [0.4, 0.5) is 0 Å². The predicted molar refractivity (Wildman–Crippen MR) is 88.4 cm³/mol. The van der Waals surface area contributed by atoms with Crippen molar-refractivity contribution in [2.75, 3.05) is 13.1 Å². The maximum atomic E-state index is 12.1. The van der Waals surface area contributed by atoms with Gasteiger partial charge in [-0.05, 0) is 19.3 Å². The van der Waals surface area contributed by atoms with Crippen molar-refractivity contribution < 1.29 is 14.6 Å². The molecule has 1 aliphatic heterocycles.